The lowest BCUT2D eigenvalue weighted by atomic mass is 10.1. The molecule has 1 N–H and O–H groups in total. The quantitative estimate of drug-likeness (QED) is 0.921. The Morgan fingerprint density at radius 2 is 1.85 bits per heavy atom. The van der Waals surface area contributed by atoms with E-state index in [2.05, 4.69) is 5.32 Å². The minimum Gasteiger partial charge on any atom is -0.490 e. The van der Waals surface area contributed by atoms with Crippen molar-refractivity contribution in [1.29, 1.82) is 0 Å². The van der Waals surface area contributed by atoms with E-state index in [-0.39, 0.29) is 36.7 Å². The SMILES string of the molecule is CN(C)Cc1cc(F)cc(OC2CCNCC2)c1.Cl.Cl. The van der Waals surface area contributed by atoms with Gasteiger partial charge in [0.15, 0.2) is 0 Å². The van der Waals surface area contributed by atoms with Crippen LogP contribution in [0.1, 0.15) is 18.4 Å². The van der Waals surface area contributed by atoms with Gasteiger partial charge in [0.25, 0.3) is 0 Å². The molecule has 0 unspecified atom stereocenters. The highest BCUT2D eigenvalue weighted by molar-refractivity contribution is 5.85. The summed E-state index contributed by atoms with van der Waals surface area (Å²) in [7, 11) is 3.94. The van der Waals surface area contributed by atoms with Crippen molar-refractivity contribution in [2.75, 3.05) is 27.2 Å². The fourth-order valence-corrected chi connectivity index (χ4v) is 2.25. The molecule has 0 aromatic heterocycles. The first-order chi connectivity index (χ1) is 8.63. The molecule has 0 aliphatic carbocycles. The Hall–Kier alpha value is -0.550. The third-order valence-electron chi connectivity index (χ3n) is 3.02. The molecule has 20 heavy (non-hydrogen) atoms. The molecule has 0 atom stereocenters. The zero-order valence-electron chi connectivity index (χ0n) is 11.9. The van der Waals surface area contributed by atoms with Crippen molar-refractivity contribution in [1.82, 2.24) is 10.2 Å². The van der Waals surface area contributed by atoms with Crippen LogP contribution in [-0.2, 0) is 6.54 Å². The monoisotopic (exact) mass is 324 g/mol. The summed E-state index contributed by atoms with van der Waals surface area (Å²) in [4.78, 5) is 2.02. The van der Waals surface area contributed by atoms with E-state index in [1.165, 1.54) is 6.07 Å². The van der Waals surface area contributed by atoms with Crippen LogP contribution in [0.3, 0.4) is 0 Å². The molecule has 2 rings (SSSR count). The highest BCUT2D eigenvalue weighted by Gasteiger charge is 2.15. The van der Waals surface area contributed by atoms with E-state index in [0.717, 1.165) is 38.0 Å². The van der Waals surface area contributed by atoms with Crippen LogP contribution in [0.25, 0.3) is 0 Å². The van der Waals surface area contributed by atoms with Crippen molar-refractivity contribution < 1.29 is 9.13 Å². The van der Waals surface area contributed by atoms with E-state index in [1.54, 1.807) is 6.07 Å². The molecule has 6 heteroatoms. The minimum atomic E-state index is -0.224. The molecule has 0 amide bonds. The van der Waals surface area contributed by atoms with Gasteiger partial charge in [-0.25, -0.2) is 4.39 Å². The predicted molar refractivity (Wildman–Crippen MR) is 84.8 cm³/mol. The van der Waals surface area contributed by atoms with Crippen LogP contribution >= 0.6 is 24.8 Å². The van der Waals surface area contributed by atoms with Crippen molar-refractivity contribution in [3.8, 4) is 5.75 Å². The van der Waals surface area contributed by atoms with Gasteiger partial charge in [-0.15, -0.1) is 24.8 Å². The van der Waals surface area contributed by atoms with Gasteiger partial charge >= 0.3 is 0 Å². The first-order valence-corrected chi connectivity index (χ1v) is 6.45. The zero-order valence-corrected chi connectivity index (χ0v) is 13.5. The second kappa shape index (κ2) is 9.40. The van der Waals surface area contributed by atoms with E-state index >= 15 is 0 Å². The summed E-state index contributed by atoms with van der Waals surface area (Å²) in [6, 6.07) is 4.97. The van der Waals surface area contributed by atoms with Crippen molar-refractivity contribution in [2.24, 2.45) is 0 Å². The maximum atomic E-state index is 13.5. The molecule has 1 aliphatic rings. The van der Waals surface area contributed by atoms with Gasteiger partial charge in [0.1, 0.15) is 17.7 Å². The van der Waals surface area contributed by atoms with Gasteiger partial charge in [-0.2, -0.15) is 0 Å². The molecule has 3 nitrogen and oxygen atoms in total. The Labute approximate surface area is 132 Å². The molecular formula is C14H23Cl2FN2O. The maximum Gasteiger partial charge on any atom is 0.127 e. The Kier molecular flexibility index (Phi) is 9.14. The molecule has 0 radical (unpaired) electrons. The van der Waals surface area contributed by atoms with Gasteiger partial charge in [0.2, 0.25) is 0 Å². The van der Waals surface area contributed by atoms with Crippen LogP contribution < -0.4 is 10.1 Å². The highest BCUT2D eigenvalue weighted by Crippen LogP contribution is 2.20. The average molecular weight is 325 g/mol. The lowest BCUT2D eigenvalue weighted by molar-refractivity contribution is 0.161. The lowest BCUT2D eigenvalue weighted by Crippen LogP contribution is -2.34. The molecular weight excluding hydrogens is 302 g/mol. The number of benzene rings is 1. The number of rotatable bonds is 4. The third kappa shape index (κ3) is 6.27. The highest BCUT2D eigenvalue weighted by atomic mass is 35.5. The van der Waals surface area contributed by atoms with Gasteiger partial charge in [-0.3, -0.25) is 0 Å². The van der Waals surface area contributed by atoms with Gasteiger partial charge in [-0.1, -0.05) is 0 Å². The molecule has 1 saturated heterocycles. The zero-order chi connectivity index (χ0) is 13.0. The second-order valence-corrected chi connectivity index (χ2v) is 5.10. The maximum absolute atomic E-state index is 13.5. The molecule has 1 fully saturated rings. The van der Waals surface area contributed by atoms with Crippen LogP contribution in [0.5, 0.6) is 5.75 Å². The van der Waals surface area contributed by atoms with Gasteiger partial charge in [0, 0.05) is 12.6 Å². The van der Waals surface area contributed by atoms with E-state index in [0.29, 0.717) is 5.75 Å². The molecule has 0 saturated carbocycles. The van der Waals surface area contributed by atoms with Crippen LogP contribution in [-0.4, -0.2) is 38.2 Å². The van der Waals surface area contributed by atoms with E-state index < -0.39 is 0 Å². The number of piperidine rings is 1. The summed E-state index contributed by atoms with van der Waals surface area (Å²) in [6.07, 6.45) is 2.18. The first-order valence-electron chi connectivity index (χ1n) is 6.45. The number of nitrogens with zero attached hydrogens (tertiary/aromatic N) is 1. The lowest BCUT2D eigenvalue weighted by Gasteiger charge is -2.24. The van der Waals surface area contributed by atoms with Crippen molar-refractivity contribution in [3.63, 3.8) is 0 Å². The number of nitrogens with one attached hydrogen (secondary N) is 1. The Bertz CT molecular complexity index is 399. The minimum absolute atomic E-state index is 0. The number of ether oxygens (including phenoxy) is 1. The molecule has 116 valence electrons. The first kappa shape index (κ1) is 19.4. The fraction of sp³-hybridized carbons (Fsp3) is 0.571. The normalized spacial score (nSPS) is 15.4. The number of hydrogen-bond acceptors (Lipinski definition) is 3. The third-order valence-corrected chi connectivity index (χ3v) is 3.02. The van der Waals surface area contributed by atoms with Crippen LogP contribution in [0.15, 0.2) is 18.2 Å². The molecule has 1 aromatic rings. The summed E-state index contributed by atoms with van der Waals surface area (Å²) < 4.78 is 19.4. The van der Waals surface area contributed by atoms with E-state index in [9.17, 15) is 4.39 Å². The molecule has 0 bridgehead atoms. The predicted octanol–water partition coefficient (Wildman–Crippen LogP) is 2.86. The molecule has 1 aromatic carbocycles. The van der Waals surface area contributed by atoms with Crippen LogP contribution in [0.2, 0.25) is 0 Å². The molecule has 0 spiro atoms. The average Bonchev–Trinajstić information content (AvgIpc) is 2.28. The van der Waals surface area contributed by atoms with Crippen LogP contribution in [0.4, 0.5) is 4.39 Å². The summed E-state index contributed by atoms with van der Waals surface area (Å²) in [5.74, 6) is 0.428. The van der Waals surface area contributed by atoms with Crippen LogP contribution in [0, 0.1) is 5.82 Å². The fourth-order valence-electron chi connectivity index (χ4n) is 2.25. The Balaban J connectivity index is 0.00000180. The largest absolute Gasteiger partial charge is 0.490 e. The van der Waals surface area contributed by atoms with Gasteiger partial charge in [-0.05, 0) is 57.7 Å². The summed E-state index contributed by atoms with van der Waals surface area (Å²) >= 11 is 0. The Morgan fingerprint density at radius 1 is 1.20 bits per heavy atom. The summed E-state index contributed by atoms with van der Waals surface area (Å²) in [5, 5.41) is 3.29. The van der Waals surface area contributed by atoms with Crippen molar-refractivity contribution in [2.45, 2.75) is 25.5 Å². The summed E-state index contributed by atoms with van der Waals surface area (Å²) in [5.41, 5.74) is 0.948. The Morgan fingerprint density at radius 3 is 2.45 bits per heavy atom. The van der Waals surface area contributed by atoms with Crippen molar-refractivity contribution >= 4 is 24.8 Å². The summed E-state index contributed by atoms with van der Waals surface area (Å²) in [6.45, 7) is 2.68. The number of hydrogen-bond donors (Lipinski definition) is 1. The van der Waals surface area contributed by atoms with Gasteiger partial charge < -0.3 is 15.0 Å². The molecule has 1 aliphatic heterocycles. The van der Waals surface area contributed by atoms with E-state index in [1.807, 2.05) is 25.1 Å². The second-order valence-electron chi connectivity index (χ2n) is 5.10. The number of halogens is 3. The van der Waals surface area contributed by atoms with Crippen molar-refractivity contribution in [3.05, 3.63) is 29.6 Å². The van der Waals surface area contributed by atoms with E-state index in [4.69, 9.17) is 4.74 Å². The topological polar surface area (TPSA) is 24.5 Å². The molecule has 1 heterocycles. The smallest absolute Gasteiger partial charge is 0.127 e. The van der Waals surface area contributed by atoms with Gasteiger partial charge in [0.05, 0.1) is 0 Å². The standard InChI is InChI=1S/C14H21FN2O.2ClH/c1-17(2)10-11-7-12(15)9-14(8-11)18-13-3-5-16-6-4-13;;/h7-9,13,16H,3-6,10H2,1-2H3;2*1H.